The molecular weight excluding hydrogens is 322 g/mol. The number of thiophene rings is 1. The van der Waals surface area contributed by atoms with Crippen molar-refractivity contribution in [3.05, 3.63) is 41.2 Å². The molecule has 1 fully saturated rings. The molecule has 1 aliphatic heterocycles. The van der Waals surface area contributed by atoms with Crippen LogP contribution in [0.25, 0.3) is 10.2 Å². The van der Waals surface area contributed by atoms with E-state index >= 15 is 0 Å². The van der Waals surface area contributed by atoms with Gasteiger partial charge < -0.3 is 15.0 Å². The lowest BCUT2D eigenvalue weighted by molar-refractivity contribution is 0.122. The lowest BCUT2D eigenvalue weighted by Gasteiger charge is -2.29. The minimum Gasteiger partial charge on any atom is -0.378 e. The third-order valence-corrected chi connectivity index (χ3v) is 5.04. The van der Waals surface area contributed by atoms with Crippen molar-refractivity contribution in [3.63, 3.8) is 0 Å². The van der Waals surface area contributed by atoms with Crippen LogP contribution in [0.3, 0.4) is 0 Å². The van der Waals surface area contributed by atoms with Gasteiger partial charge in [0.05, 0.1) is 18.6 Å². The van der Waals surface area contributed by atoms with E-state index in [1.807, 2.05) is 12.3 Å². The van der Waals surface area contributed by atoms with Crippen LogP contribution in [-0.2, 0) is 11.3 Å². The van der Waals surface area contributed by atoms with E-state index in [9.17, 15) is 0 Å². The minimum absolute atomic E-state index is 0.682. The first-order valence-electron chi connectivity index (χ1n) is 8.03. The first-order valence-corrected chi connectivity index (χ1v) is 8.84. The van der Waals surface area contributed by atoms with Crippen molar-refractivity contribution in [2.24, 2.45) is 0 Å². The predicted octanol–water partition coefficient (Wildman–Crippen LogP) is 2.84. The molecule has 7 heteroatoms. The number of fused-ring (bicyclic) bond motifs is 1. The Morgan fingerprint density at radius 3 is 3.00 bits per heavy atom. The molecule has 1 saturated heterocycles. The third kappa shape index (κ3) is 3.05. The average Bonchev–Trinajstić information content (AvgIpc) is 3.02. The normalized spacial score (nSPS) is 15.0. The number of nitrogens with one attached hydrogen (secondary N) is 1. The summed E-state index contributed by atoms with van der Waals surface area (Å²) in [5, 5.41) is 4.53. The van der Waals surface area contributed by atoms with Gasteiger partial charge in [-0.25, -0.2) is 15.0 Å². The fourth-order valence-electron chi connectivity index (χ4n) is 2.92. The zero-order valence-corrected chi connectivity index (χ0v) is 14.3. The second-order valence-electron chi connectivity index (χ2n) is 5.74. The number of pyridine rings is 1. The number of aromatic nitrogens is 3. The molecule has 0 aliphatic carbocycles. The van der Waals surface area contributed by atoms with Crippen molar-refractivity contribution in [2.75, 3.05) is 36.5 Å². The van der Waals surface area contributed by atoms with Gasteiger partial charge in [-0.05, 0) is 19.1 Å². The Balaban J connectivity index is 1.57. The second-order valence-corrected chi connectivity index (χ2v) is 6.97. The van der Waals surface area contributed by atoms with E-state index in [2.05, 4.69) is 44.2 Å². The van der Waals surface area contributed by atoms with Crippen molar-refractivity contribution in [3.8, 4) is 0 Å². The molecule has 0 unspecified atom stereocenters. The Hall–Kier alpha value is -2.25. The molecule has 1 N–H and O–H groups in total. The molecule has 0 amide bonds. The number of rotatable bonds is 4. The van der Waals surface area contributed by atoms with Crippen LogP contribution in [0.15, 0.2) is 30.7 Å². The van der Waals surface area contributed by atoms with Crippen molar-refractivity contribution in [2.45, 2.75) is 13.5 Å². The zero-order valence-electron chi connectivity index (χ0n) is 13.5. The standard InChI is InChI=1S/C17H19N5OS/c1-12-9-14-15(20-11-21-17(14)24-12)19-10-13-3-2-4-18-16(13)22-5-7-23-8-6-22/h2-4,9,11H,5-8,10H2,1H3,(H,19,20,21). The zero-order chi connectivity index (χ0) is 16.4. The largest absolute Gasteiger partial charge is 0.378 e. The second kappa shape index (κ2) is 6.70. The number of hydrogen-bond donors (Lipinski definition) is 1. The van der Waals surface area contributed by atoms with E-state index in [0.29, 0.717) is 6.54 Å². The average molecular weight is 341 g/mol. The Bertz CT molecular complexity index is 844. The molecule has 0 bridgehead atoms. The monoisotopic (exact) mass is 341 g/mol. The Morgan fingerprint density at radius 2 is 2.12 bits per heavy atom. The summed E-state index contributed by atoms with van der Waals surface area (Å²) in [4.78, 5) is 17.9. The molecule has 4 heterocycles. The molecule has 0 aromatic carbocycles. The van der Waals surface area contributed by atoms with Crippen LogP contribution in [0, 0.1) is 6.92 Å². The highest BCUT2D eigenvalue weighted by Crippen LogP contribution is 2.28. The summed E-state index contributed by atoms with van der Waals surface area (Å²) < 4.78 is 5.44. The highest BCUT2D eigenvalue weighted by molar-refractivity contribution is 7.18. The van der Waals surface area contributed by atoms with Gasteiger partial charge in [0, 0.05) is 36.3 Å². The van der Waals surface area contributed by atoms with E-state index < -0.39 is 0 Å². The van der Waals surface area contributed by atoms with Crippen LogP contribution in [0.2, 0.25) is 0 Å². The van der Waals surface area contributed by atoms with Crippen molar-refractivity contribution >= 4 is 33.2 Å². The van der Waals surface area contributed by atoms with Crippen LogP contribution in [0.1, 0.15) is 10.4 Å². The quantitative estimate of drug-likeness (QED) is 0.787. The van der Waals surface area contributed by atoms with Gasteiger partial charge in [0.25, 0.3) is 0 Å². The molecule has 124 valence electrons. The Labute approximate surface area is 144 Å². The summed E-state index contributed by atoms with van der Waals surface area (Å²) in [6.45, 7) is 6.04. The summed E-state index contributed by atoms with van der Waals surface area (Å²) in [6.07, 6.45) is 3.46. The minimum atomic E-state index is 0.682. The van der Waals surface area contributed by atoms with Crippen LogP contribution in [-0.4, -0.2) is 41.3 Å². The molecule has 0 atom stereocenters. The van der Waals surface area contributed by atoms with E-state index in [1.54, 1.807) is 17.7 Å². The molecule has 3 aromatic heterocycles. The highest BCUT2D eigenvalue weighted by Gasteiger charge is 2.16. The number of hydrogen-bond acceptors (Lipinski definition) is 7. The molecular formula is C17H19N5OS. The number of aryl methyl sites for hydroxylation is 1. The van der Waals surface area contributed by atoms with Crippen molar-refractivity contribution < 1.29 is 4.74 Å². The van der Waals surface area contributed by atoms with Gasteiger partial charge in [-0.3, -0.25) is 0 Å². The molecule has 4 rings (SSSR count). The number of ether oxygens (including phenoxy) is 1. The van der Waals surface area contributed by atoms with E-state index in [4.69, 9.17) is 4.74 Å². The summed E-state index contributed by atoms with van der Waals surface area (Å²) >= 11 is 1.69. The predicted molar refractivity (Wildman–Crippen MR) is 96.7 cm³/mol. The van der Waals surface area contributed by atoms with Crippen LogP contribution < -0.4 is 10.2 Å². The topological polar surface area (TPSA) is 63.2 Å². The first kappa shape index (κ1) is 15.3. The molecule has 1 aliphatic rings. The summed E-state index contributed by atoms with van der Waals surface area (Å²) in [5.74, 6) is 1.90. The van der Waals surface area contributed by atoms with Gasteiger partial charge in [0.2, 0.25) is 0 Å². The molecule has 0 radical (unpaired) electrons. The SMILES string of the molecule is Cc1cc2c(NCc3cccnc3N3CCOCC3)ncnc2s1. The lowest BCUT2D eigenvalue weighted by atomic mass is 10.2. The summed E-state index contributed by atoms with van der Waals surface area (Å²) in [5.41, 5.74) is 1.16. The van der Waals surface area contributed by atoms with Gasteiger partial charge >= 0.3 is 0 Å². The van der Waals surface area contributed by atoms with Crippen LogP contribution >= 0.6 is 11.3 Å². The van der Waals surface area contributed by atoms with Gasteiger partial charge in [-0.15, -0.1) is 11.3 Å². The van der Waals surface area contributed by atoms with E-state index in [1.165, 1.54) is 4.88 Å². The Kier molecular flexibility index (Phi) is 4.27. The van der Waals surface area contributed by atoms with Gasteiger partial charge in [-0.1, -0.05) is 6.07 Å². The molecule has 6 nitrogen and oxygen atoms in total. The fraction of sp³-hybridized carbons (Fsp3) is 0.353. The third-order valence-electron chi connectivity index (χ3n) is 4.08. The van der Waals surface area contributed by atoms with Crippen molar-refractivity contribution in [1.29, 1.82) is 0 Å². The van der Waals surface area contributed by atoms with Crippen molar-refractivity contribution in [1.82, 2.24) is 15.0 Å². The molecule has 0 spiro atoms. The molecule has 24 heavy (non-hydrogen) atoms. The van der Waals surface area contributed by atoms with E-state index in [-0.39, 0.29) is 0 Å². The smallest absolute Gasteiger partial charge is 0.138 e. The van der Waals surface area contributed by atoms with Gasteiger partial charge in [-0.2, -0.15) is 0 Å². The van der Waals surface area contributed by atoms with Gasteiger partial charge in [0.1, 0.15) is 22.8 Å². The number of anilines is 2. The highest BCUT2D eigenvalue weighted by atomic mass is 32.1. The Morgan fingerprint density at radius 1 is 1.25 bits per heavy atom. The van der Waals surface area contributed by atoms with Gasteiger partial charge in [0.15, 0.2) is 0 Å². The first-order chi connectivity index (χ1) is 11.8. The summed E-state index contributed by atoms with van der Waals surface area (Å²) in [7, 11) is 0. The fourth-order valence-corrected chi connectivity index (χ4v) is 3.77. The maximum absolute atomic E-state index is 5.44. The van der Waals surface area contributed by atoms with Crippen LogP contribution in [0.4, 0.5) is 11.6 Å². The van der Waals surface area contributed by atoms with Crippen LogP contribution in [0.5, 0.6) is 0 Å². The molecule has 0 saturated carbocycles. The number of nitrogens with zero attached hydrogens (tertiary/aromatic N) is 4. The maximum Gasteiger partial charge on any atom is 0.138 e. The van der Waals surface area contributed by atoms with E-state index in [0.717, 1.165) is 53.7 Å². The number of morpholine rings is 1. The molecule has 3 aromatic rings. The lowest BCUT2D eigenvalue weighted by Crippen LogP contribution is -2.37. The summed E-state index contributed by atoms with van der Waals surface area (Å²) in [6, 6.07) is 6.22. The maximum atomic E-state index is 5.44.